The number of thiophene rings is 1. The Balaban J connectivity index is 1.59. The van der Waals surface area contributed by atoms with E-state index in [4.69, 9.17) is 0 Å². The highest BCUT2D eigenvalue weighted by atomic mass is 32.2. The highest BCUT2D eigenvalue weighted by Crippen LogP contribution is 2.51. The lowest BCUT2D eigenvalue weighted by Gasteiger charge is -2.38. The van der Waals surface area contributed by atoms with E-state index >= 15 is 0 Å². The Kier molecular flexibility index (Phi) is 6.10. The molecule has 1 aliphatic carbocycles. The molecule has 186 valence electrons. The van der Waals surface area contributed by atoms with Gasteiger partial charge >= 0.3 is 6.18 Å². The van der Waals surface area contributed by atoms with Gasteiger partial charge in [-0.2, -0.15) is 23.2 Å². The van der Waals surface area contributed by atoms with Crippen LogP contribution in [0.5, 0.6) is 0 Å². The number of aromatic nitrogens is 3. The van der Waals surface area contributed by atoms with E-state index in [9.17, 15) is 26.9 Å². The maximum atomic E-state index is 12.9. The lowest BCUT2D eigenvalue weighted by atomic mass is 9.78. The summed E-state index contributed by atoms with van der Waals surface area (Å²) in [6.45, 7) is 0.729. The predicted octanol–water partition coefficient (Wildman–Crippen LogP) is 5.38. The van der Waals surface area contributed by atoms with Crippen molar-refractivity contribution in [1.82, 2.24) is 19.3 Å². The summed E-state index contributed by atoms with van der Waals surface area (Å²) in [5.74, 6) is 0.237. The monoisotopic (exact) mass is 531 g/mol. The summed E-state index contributed by atoms with van der Waals surface area (Å²) in [6, 6.07) is 10.3. The number of hydrogen-bond donors (Lipinski definition) is 1. The normalized spacial score (nSPS) is 19.1. The van der Waals surface area contributed by atoms with Crippen molar-refractivity contribution < 1.29 is 21.6 Å². The first-order chi connectivity index (χ1) is 17.1. The predicted molar refractivity (Wildman–Crippen MR) is 129 cm³/mol. The molecule has 0 radical (unpaired) electrons. The van der Waals surface area contributed by atoms with Crippen LogP contribution in [0.4, 0.5) is 13.2 Å². The van der Waals surface area contributed by atoms with Gasteiger partial charge < -0.3 is 4.57 Å². The van der Waals surface area contributed by atoms with Crippen LogP contribution < -0.4 is 4.72 Å². The van der Waals surface area contributed by atoms with Crippen molar-refractivity contribution in [2.24, 2.45) is 0 Å². The molecular weight excluding hydrogens is 511 g/mol. The van der Waals surface area contributed by atoms with Gasteiger partial charge in [0, 0.05) is 34.6 Å². The molecule has 3 atom stereocenters. The van der Waals surface area contributed by atoms with Crippen LogP contribution in [-0.2, 0) is 10.0 Å². The number of hydrogen-bond acceptors (Lipinski definition) is 6. The van der Waals surface area contributed by atoms with Crippen LogP contribution in [0.3, 0.4) is 0 Å². The van der Waals surface area contributed by atoms with E-state index in [-0.39, 0.29) is 12.0 Å². The molecule has 1 N–H and O–H groups in total. The van der Waals surface area contributed by atoms with Crippen molar-refractivity contribution in [2.45, 2.75) is 48.8 Å². The summed E-state index contributed by atoms with van der Waals surface area (Å²) in [5.41, 5.74) is 1.85. The molecule has 36 heavy (non-hydrogen) atoms. The molecule has 1 aliphatic rings. The Bertz CT molecular complexity index is 1560. The Morgan fingerprint density at radius 3 is 2.58 bits per heavy atom. The SMILES string of the molecule is C[C@H](NS(=O)(=O)c1ccc(-c2c(C#N)c3cccnc3n2C2CCC2c2cccs2)nc1)C(F)(F)F. The molecule has 0 aliphatic heterocycles. The fourth-order valence-electron chi connectivity index (χ4n) is 4.50. The molecule has 4 heterocycles. The summed E-state index contributed by atoms with van der Waals surface area (Å²) in [5, 5.41) is 12.7. The van der Waals surface area contributed by atoms with Crippen molar-refractivity contribution >= 4 is 32.4 Å². The average molecular weight is 532 g/mol. The van der Waals surface area contributed by atoms with Crippen LogP contribution >= 0.6 is 11.3 Å². The van der Waals surface area contributed by atoms with E-state index in [0.29, 0.717) is 28.0 Å². The van der Waals surface area contributed by atoms with E-state index in [1.54, 1.807) is 34.4 Å². The molecule has 0 spiro atoms. The first-order valence-corrected chi connectivity index (χ1v) is 13.5. The van der Waals surface area contributed by atoms with Gasteiger partial charge in [0.15, 0.2) is 0 Å². The van der Waals surface area contributed by atoms with Gasteiger partial charge in [0.1, 0.15) is 22.7 Å². The number of nitriles is 1. The number of nitrogens with one attached hydrogen (secondary N) is 1. The van der Waals surface area contributed by atoms with E-state index in [1.165, 1.54) is 17.0 Å². The zero-order chi connectivity index (χ0) is 25.7. The average Bonchev–Trinajstić information content (AvgIpc) is 3.44. The third-order valence-electron chi connectivity index (χ3n) is 6.46. The van der Waals surface area contributed by atoms with E-state index in [0.717, 1.165) is 26.0 Å². The maximum absolute atomic E-state index is 12.9. The largest absolute Gasteiger partial charge is 0.404 e. The Hall–Kier alpha value is -3.27. The van der Waals surface area contributed by atoms with Gasteiger partial charge in [-0.1, -0.05) is 6.07 Å². The van der Waals surface area contributed by atoms with Crippen LogP contribution in [0.25, 0.3) is 22.4 Å². The second-order valence-corrected chi connectivity index (χ2v) is 11.3. The summed E-state index contributed by atoms with van der Waals surface area (Å²) in [4.78, 5) is 9.65. The van der Waals surface area contributed by atoms with Crippen molar-refractivity contribution in [1.29, 1.82) is 5.26 Å². The van der Waals surface area contributed by atoms with Gasteiger partial charge in [-0.3, -0.25) is 4.98 Å². The van der Waals surface area contributed by atoms with Crippen molar-refractivity contribution in [3.8, 4) is 17.5 Å². The summed E-state index contributed by atoms with van der Waals surface area (Å²) in [6.07, 6.45) is -0.217. The Labute approximate surface area is 209 Å². The number of rotatable bonds is 6. The highest BCUT2D eigenvalue weighted by molar-refractivity contribution is 7.89. The zero-order valence-corrected chi connectivity index (χ0v) is 20.5. The minimum Gasteiger partial charge on any atom is -0.319 e. The first kappa shape index (κ1) is 24.4. The first-order valence-electron chi connectivity index (χ1n) is 11.1. The second kappa shape index (κ2) is 8.99. The van der Waals surface area contributed by atoms with Crippen LogP contribution in [0, 0.1) is 11.3 Å². The number of alkyl halides is 3. The van der Waals surface area contributed by atoms with Crippen LogP contribution in [0.1, 0.15) is 42.2 Å². The third kappa shape index (κ3) is 4.17. The number of pyridine rings is 2. The zero-order valence-electron chi connectivity index (χ0n) is 18.9. The minimum absolute atomic E-state index is 0.0256. The van der Waals surface area contributed by atoms with Gasteiger partial charge in [0.2, 0.25) is 10.0 Å². The molecule has 1 saturated carbocycles. The number of sulfonamides is 1. The lowest BCUT2D eigenvalue weighted by Crippen LogP contribution is -2.42. The van der Waals surface area contributed by atoms with Crippen molar-refractivity contribution in [3.05, 3.63) is 64.6 Å². The fraction of sp³-hybridized carbons (Fsp3) is 0.292. The molecule has 1 fully saturated rings. The van der Waals surface area contributed by atoms with Gasteiger partial charge in [-0.15, -0.1) is 11.3 Å². The van der Waals surface area contributed by atoms with Gasteiger partial charge in [-0.05, 0) is 55.5 Å². The number of nitrogens with zero attached hydrogens (tertiary/aromatic N) is 4. The molecule has 4 aromatic heterocycles. The van der Waals surface area contributed by atoms with Gasteiger partial charge in [-0.25, -0.2) is 13.4 Å². The van der Waals surface area contributed by atoms with Crippen LogP contribution in [-0.4, -0.2) is 35.2 Å². The Morgan fingerprint density at radius 1 is 1.19 bits per heavy atom. The third-order valence-corrected chi connectivity index (χ3v) is 8.99. The molecule has 4 aromatic rings. The summed E-state index contributed by atoms with van der Waals surface area (Å²) < 4.78 is 67.2. The molecule has 12 heteroatoms. The van der Waals surface area contributed by atoms with E-state index in [1.807, 2.05) is 16.0 Å². The highest BCUT2D eigenvalue weighted by Gasteiger charge is 2.40. The van der Waals surface area contributed by atoms with Gasteiger partial charge in [0.05, 0.1) is 17.0 Å². The topological polar surface area (TPSA) is 101 Å². The maximum Gasteiger partial charge on any atom is 0.404 e. The standard InChI is InChI=1S/C24H20F3N5O2S2/c1-14(24(25,26)27)31-36(33,34)15-6-8-19(30-13-15)22-18(12-28)16-4-2-10-29-23(16)32(22)20-9-7-17(20)21-5-3-11-35-21/h2-6,8,10-11,13-14,17,20,31H,7,9H2,1H3/t14-,17?,20?/m0/s1. The minimum atomic E-state index is -4.72. The number of halogens is 3. The summed E-state index contributed by atoms with van der Waals surface area (Å²) in [7, 11) is -4.46. The smallest absolute Gasteiger partial charge is 0.319 e. The van der Waals surface area contributed by atoms with E-state index < -0.39 is 27.1 Å². The molecule has 5 rings (SSSR count). The second-order valence-electron chi connectivity index (χ2n) is 8.61. The molecule has 0 aromatic carbocycles. The van der Waals surface area contributed by atoms with Crippen LogP contribution in [0.2, 0.25) is 0 Å². The quantitative estimate of drug-likeness (QED) is 0.360. The number of fused-ring (bicyclic) bond motifs is 1. The lowest BCUT2D eigenvalue weighted by molar-refractivity contribution is -0.147. The fourth-order valence-corrected chi connectivity index (χ4v) is 6.59. The molecule has 0 saturated heterocycles. The molecular formula is C24H20F3N5O2S2. The summed E-state index contributed by atoms with van der Waals surface area (Å²) >= 11 is 1.67. The molecule has 0 amide bonds. The molecule has 2 unspecified atom stereocenters. The molecule has 0 bridgehead atoms. The van der Waals surface area contributed by atoms with Gasteiger partial charge in [0.25, 0.3) is 0 Å². The van der Waals surface area contributed by atoms with Crippen LogP contribution in [0.15, 0.2) is 59.1 Å². The van der Waals surface area contributed by atoms with E-state index in [2.05, 4.69) is 22.1 Å². The van der Waals surface area contributed by atoms with Crippen molar-refractivity contribution in [2.75, 3.05) is 0 Å². The van der Waals surface area contributed by atoms with Crippen molar-refractivity contribution in [3.63, 3.8) is 0 Å². The molecule has 7 nitrogen and oxygen atoms in total. The Morgan fingerprint density at radius 2 is 2.00 bits per heavy atom.